The zero-order valence-corrected chi connectivity index (χ0v) is 19.9. The molecule has 2 atom stereocenters. The Kier molecular flexibility index (Phi) is 8.11. The molecule has 29 heavy (non-hydrogen) atoms. The standard InChI is InChI=1S/C21H33N7.HI/c1-3-22-21(24-16-14-17-8-6-9-18(15-16)27(17)2)23-12-7-11-20-26-25-19-10-4-5-13-28(19)20;/h4-5,10,13,16-18H,3,6-9,11-12,14-15H2,1-2H3,(H2,22,23,24);1H. The smallest absolute Gasteiger partial charge is 0.191 e. The number of fused-ring (bicyclic) bond motifs is 3. The number of nitrogens with one attached hydrogen (secondary N) is 2. The number of rotatable bonds is 6. The Hall–Kier alpha value is -1.42. The van der Waals surface area contributed by atoms with Crippen LogP contribution in [-0.4, -0.2) is 63.7 Å². The van der Waals surface area contributed by atoms with E-state index >= 15 is 0 Å². The fraction of sp³-hybridized carbons (Fsp3) is 0.667. The van der Waals surface area contributed by atoms with E-state index in [1.54, 1.807) is 0 Å². The van der Waals surface area contributed by atoms with Crippen molar-refractivity contribution in [2.24, 2.45) is 4.99 Å². The normalized spacial score (nSPS) is 24.9. The third-order valence-corrected chi connectivity index (χ3v) is 6.24. The van der Waals surface area contributed by atoms with Crippen LogP contribution in [-0.2, 0) is 6.42 Å². The molecule has 4 rings (SSSR count). The number of halogens is 1. The lowest BCUT2D eigenvalue weighted by atomic mass is 9.82. The summed E-state index contributed by atoms with van der Waals surface area (Å²) in [6.45, 7) is 3.81. The van der Waals surface area contributed by atoms with Crippen molar-refractivity contribution in [3.63, 3.8) is 0 Å². The van der Waals surface area contributed by atoms with Crippen LogP contribution >= 0.6 is 24.0 Å². The second-order valence-corrected chi connectivity index (χ2v) is 8.13. The van der Waals surface area contributed by atoms with Gasteiger partial charge in [-0.25, -0.2) is 0 Å². The summed E-state index contributed by atoms with van der Waals surface area (Å²) in [7, 11) is 2.30. The minimum absolute atomic E-state index is 0. The van der Waals surface area contributed by atoms with Gasteiger partial charge in [0, 0.05) is 43.8 Å². The van der Waals surface area contributed by atoms with Gasteiger partial charge >= 0.3 is 0 Å². The summed E-state index contributed by atoms with van der Waals surface area (Å²) in [6.07, 6.45) is 10.4. The molecule has 2 saturated heterocycles. The highest BCUT2D eigenvalue weighted by molar-refractivity contribution is 14.0. The van der Waals surface area contributed by atoms with Crippen LogP contribution in [0, 0.1) is 0 Å². The summed E-state index contributed by atoms with van der Waals surface area (Å²) in [5.74, 6) is 1.97. The summed E-state index contributed by atoms with van der Waals surface area (Å²) in [4.78, 5) is 7.43. The number of aryl methyl sites for hydroxylation is 1. The number of piperidine rings is 2. The molecule has 160 valence electrons. The molecule has 2 aromatic heterocycles. The number of pyridine rings is 1. The van der Waals surface area contributed by atoms with Gasteiger partial charge in [-0.05, 0) is 58.2 Å². The fourth-order valence-electron chi connectivity index (χ4n) is 4.74. The second kappa shape index (κ2) is 10.6. The predicted octanol–water partition coefficient (Wildman–Crippen LogP) is 2.85. The maximum atomic E-state index is 4.82. The number of aromatic nitrogens is 3. The molecule has 2 N–H and O–H groups in total. The van der Waals surface area contributed by atoms with E-state index in [9.17, 15) is 0 Å². The second-order valence-electron chi connectivity index (χ2n) is 8.13. The molecular formula is C21H34IN7. The fourth-order valence-corrected chi connectivity index (χ4v) is 4.74. The van der Waals surface area contributed by atoms with Gasteiger partial charge < -0.3 is 15.5 Å². The third kappa shape index (κ3) is 5.39. The van der Waals surface area contributed by atoms with Gasteiger partial charge in [-0.2, -0.15) is 0 Å². The van der Waals surface area contributed by atoms with E-state index in [-0.39, 0.29) is 24.0 Å². The van der Waals surface area contributed by atoms with Crippen molar-refractivity contribution in [1.29, 1.82) is 0 Å². The molecule has 0 saturated carbocycles. The van der Waals surface area contributed by atoms with Crippen molar-refractivity contribution in [1.82, 2.24) is 30.1 Å². The maximum Gasteiger partial charge on any atom is 0.191 e. The van der Waals surface area contributed by atoms with Gasteiger partial charge in [-0.15, -0.1) is 34.2 Å². The molecule has 0 aliphatic carbocycles. The average molecular weight is 511 g/mol. The molecule has 2 aromatic rings. The number of guanidine groups is 1. The van der Waals surface area contributed by atoms with Gasteiger partial charge in [-0.3, -0.25) is 9.39 Å². The SMILES string of the molecule is CCNC(=NCCCc1nnc2ccccn12)NC1CC2CCCC(C1)N2C.I. The van der Waals surface area contributed by atoms with Crippen LogP contribution in [0.15, 0.2) is 29.4 Å². The van der Waals surface area contributed by atoms with Crippen LogP contribution in [0.4, 0.5) is 0 Å². The van der Waals surface area contributed by atoms with E-state index in [0.29, 0.717) is 6.04 Å². The van der Waals surface area contributed by atoms with Gasteiger partial charge in [0.1, 0.15) is 5.82 Å². The summed E-state index contributed by atoms with van der Waals surface area (Å²) in [5.41, 5.74) is 0.906. The van der Waals surface area contributed by atoms with E-state index in [2.05, 4.69) is 44.1 Å². The van der Waals surface area contributed by atoms with Crippen LogP contribution in [0.1, 0.15) is 51.3 Å². The van der Waals surface area contributed by atoms with Crippen molar-refractivity contribution in [3.8, 4) is 0 Å². The van der Waals surface area contributed by atoms with Crippen molar-refractivity contribution in [3.05, 3.63) is 30.2 Å². The molecule has 2 bridgehead atoms. The molecule has 0 spiro atoms. The van der Waals surface area contributed by atoms with E-state index in [1.807, 2.05) is 24.4 Å². The number of aliphatic imine (C=N–C) groups is 1. The van der Waals surface area contributed by atoms with E-state index < -0.39 is 0 Å². The van der Waals surface area contributed by atoms with Crippen molar-refractivity contribution < 1.29 is 0 Å². The predicted molar refractivity (Wildman–Crippen MR) is 128 cm³/mol. The summed E-state index contributed by atoms with van der Waals surface area (Å²) < 4.78 is 2.06. The minimum Gasteiger partial charge on any atom is -0.357 e. The lowest BCUT2D eigenvalue weighted by molar-refractivity contribution is 0.0526. The van der Waals surface area contributed by atoms with Crippen molar-refractivity contribution in [2.45, 2.75) is 70.0 Å². The van der Waals surface area contributed by atoms with Gasteiger partial charge in [0.15, 0.2) is 11.6 Å². The lowest BCUT2D eigenvalue weighted by Crippen LogP contribution is -2.56. The summed E-state index contributed by atoms with van der Waals surface area (Å²) in [5, 5.41) is 15.7. The van der Waals surface area contributed by atoms with E-state index in [4.69, 9.17) is 4.99 Å². The Bertz CT molecular complexity index is 791. The Labute approximate surface area is 190 Å². The first-order valence-corrected chi connectivity index (χ1v) is 10.8. The number of nitrogens with zero attached hydrogens (tertiary/aromatic N) is 5. The molecule has 0 aromatic carbocycles. The summed E-state index contributed by atoms with van der Waals surface area (Å²) in [6, 6.07) is 7.98. The van der Waals surface area contributed by atoms with Gasteiger partial charge in [-0.1, -0.05) is 12.5 Å². The highest BCUT2D eigenvalue weighted by atomic mass is 127. The summed E-state index contributed by atoms with van der Waals surface area (Å²) >= 11 is 0. The molecule has 7 nitrogen and oxygen atoms in total. The van der Waals surface area contributed by atoms with E-state index in [1.165, 1.54) is 32.1 Å². The van der Waals surface area contributed by atoms with Crippen LogP contribution in [0.2, 0.25) is 0 Å². The highest BCUT2D eigenvalue weighted by Crippen LogP contribution is 2.32. The first-order valence-electron chi connectivity index (χ1n) is 10.8. The van der Waals surface area contributed by atoms with Crippen LogP contribution in [0.3, 0.4) is 0 Å². The van der Waals surface area contributed by atoms with Crippen molar-refractivity contribution >= 4 is 35.6 Å². The van der Waals surface area contributed by atoms with E-state index in [0.717, 1.165) is 55.4 Å². The first kappa shape index (κ1) is 22.3. The topological polar surface area (TPSA) is 69.8 Å². The largest absolute Gasteiger partial charge is 0.357 e. The van der Waals surface area contributed by atoms with Gasteiger partial charge in [0.25, 0.3) is 0 Å². The lowest BCUT2D eigenvalue weighted by Gasteiger charge is -2.47. The molecule has 0 amide bonds. The zero-order valence-electron chi connectivity index (χ0n) is 17.5. The van der Waals surface area contributed by atoms with Crippen LogP contribution < -0.4 is 10.6 Å². The number of hydrogen-bond donors (Lipinski definition) is 2. The Morgan fingerprint density at radius 3 is 2.76 bits per heavy atom. The minimum atomic E-state index is 0. The molecule has 8 heteroatoms. The molecule has 2 unspecified atom stereocenters. The van der Waals surface area contributed by atoms with Gasteiger partial charge in [0.05, 0.1) is 0 Å². The third-order valence-electron chi connectivity index (χ3n) is 6.24. The Morgan fingerprint density at radius 2 is 2.00 bits per heavy atom. The average Bonchev–Trinajstić information content (AvgIpc) is 3.09. The molecule has 2 aliphatic heterocycles. The Balaban J connectivity index is 0.00000240. The molecular weight excluding hydrogens is 477 g/mol. The van der Waals surface area contributed by atoms with Crippen LogP contribution in [0.5, 0.6) is 0 Å². The molecule has 4 heterocycles. The quantitative estimate of drug-likeness (QED) is 0.270. The van der Waals surface area contributed by atoms with Crippen LogP contribution in [0.25, 0.3) is 5.65 Å². The zero-order chi connectivity index (χ0) is 19.3. The monoisotopic (exact) mass is 511 g/mol. The van der Waals surface area contributed by atoms with Crippen molar-refractivity contribution in [2.75, 3.05) is 20.1 Å². The molecule has 0 radical (unpaired) electrons. The Morgan fingerprint density at radius 1 is 1.21 bits per heavy atom. The first-order chi connectivity index (χ1) is 13.7. The van der Waals surface area contributed by atoms with Gasteiger partial charge in [0.2, 0.25) is 0 Å². The highest BCUT2D eigenvalue weighted by Gasteiger charge is 2.36. The molecule has 2 aliphatic rings. The maximum absolute atomic E-state index is 4.82. The number of hydrogen-bond acceptors (Lipinski definition) is 4. The molecule has 2 fully saturated rings.